The summed E-state index contributed by atoms with van der Waals surface area (Å²) in [5.41, 5.74) is 1.58. The number of thioether (sulfide) groups is 1. The molecule has 0 aromatic heterocycles. The molecule has 2 aromatic carbocycles. The van der Waals surface area contributed by atoms with Gasteiger partial charge in [-0.3, -0.25) is 19.3 Å². The van der Waals surface area contributed by atoms with E-state index >= 15 is 0 Å². The van der Waals surface area contributed by atoms with Crippen LogP contribution in [-0.2, 0) is 9.59 Å². The lowest BCUT2D eigenvalue weighted by molar-refractivity contribution is -0.127. The monoisotopic (exact) mass is 449 g/mol. The first-order valence-corrected chi connectivity index (χ1v) is 10.3. The highest BCUT2D eigenvalue weighted by Gasteiger charge is 2.37. The second-order valence-electron chi connectivity index (χ2n) is 6.39. The lowest BCUT2D eigenvalue weighted by atomic mass is 10.1. The number of nitrogens with one attached hydrogen (secondary N) is 1. The number of carbonyl (C=O) groups excluding carboxylic acids is 3. The number of hydrogen-bond donors (Lipinski definition) is 1. The number of amidine groups is 1. The Morgan fingerprint density at radius 1 is 1.17 bits per heavy atom. The first-order valence-electron chi connectivity index (χ1n) is 8.63. The first-order chi connectivity index (χ1) is 13.7. The smallest absolute Gasteiger partial charge is 0.242 e. The lowest BCUT2D eigenvalue weighted by Crippen LogP contribution is -2.30. The maximum atomic E-state index is 12.5. The van der Waals surface area contributed by atoms with E-state index in [1.807, 2.05) is 0 Å². The minimum Gasteiger partial charge on any atom is -0.326 e. The third-order valence-corrected chi connectivity index (χ3v) is 6.16. The number of hydrogen-bond acceptors (Lipinski definition) is 5. The number of rotatable bonds is 5. The molecule has 2 aromatic rings. The summed E-state index contributed by atoms with van der Waals surface area (Å²) in [6.45, 7) is 1.46. The molecule has 0 saturated carbocycles. The summed E-state index contributed by atoms with van der Waals surface area (Å²) in [4.78, 5) is 42.2. The standard InChI is InChI=1S/C20H17Cl2N3O3S/c1-11(26)12-4-3-5-13(8-12)23-18(27)10-17-19(28)25(2)20(29-17)24-14-6-7-15(21)16(22)9-14/h3-9,17H,10H2,1-2H3,(H,23,27)/t17-/m0/s1. The molecule has 6 nitrogen and oxygen atoms in total. The number of ketones is 1. The molecule has 0 aliphatic carbocycles. The van der Waals surface area contributed by atoms with Crippen molar-refractivity contribution in [1.82, 2.24) is 4.90 Å². The highest BCUT2D eigenvalue weighted by Crippen LogP contribution is 2.32. The van der Waals surface area contributed by atoms with Gasteiger partial charge in [0.2, 0.25) is 11.8 Å². The van der Waals surface area contributed by atoms with E-state index in [0.717, 1.165) is 0 Å². The van der Waals surface area contributed by atoms with Gasteiger partial charge in [-0.25, -0.2) is 4.99 Å². The van der Waals surface area contributed by atoms with Crippen molar-refractivity contribution in [3.63, 3.8) is 0 Å². The van der Waals surface area contributed by atoms with Crippen molar-refractivity contribution < 1.29 is 14.4 Å². The molecule has 1 fully saturated rings. The molecule has 1 heterocycles. The van der Waals surface area contributed by atoms with E-state index in [0.29, 0.717) is 32.2 Å². The summed E-state index contributed by atoms with van der Waals surface area (Å²) in [7, 11) is 1.61. The largest absolute Gasteiger partial charge is 0.326 e. The fourth-order valence-electron chi connectivity index (χ4n) is 2.66. The minimum absolute atomic E-state index is 0.0153. The zero-order valence-electron chi connectivity index (χ0n) is 15.6. The fourth-order valence-corrected chi connectivity index (χ4v) is 4.11. The van der Waals surface area contributed by atoms with Gasteiger partial charge in [0, 0.05) is 24.7 Å². The van der Waals surface area contributed by atoms with E-state index in [1.165, 1.54) is 23.6 Å². The number of aliphatic imine (C=N–C) groups is 1. The van der Waals surface area contributed by atoms with Gasteiger partial charge >= 0.3 is 0 Å². The number of carbonyl (C=O) groups is 3. The molecule has 1 atom stereocenters. The average Bonchev–Trinajstić information content (AvgIpc) is 2.92. The van der Waals surface area contributed by atoms with E-state index in [2.05, 4.69) is 10.3 Å². The van der Waals surface area contributed by atoms with Crippen molar-refractivity contribution in [3.05, 3.63) is 58.1 Å². The molecule has 0 unspecified atom stereocenters. The summed E-state index contributed by atoms with van der Waals surface area (Å²) < 4.78 is 0. The SMILES string of the molecule is CC(=O)c1cccc(NC(=O)C[C@@H]2SC(=Nc3ccc(Cl)c(Cl)c3)N(C)C2=O)c1. The summed E-state index contributed by atoms with van der Waals surface area (Å²) >= 11 is 13.1. The molecular weight excluding hydrogens is 433 g/mol. The Bertz CT molecular complexity index is 1030. The normalized spacial score (nSPS) is 17.7. The predicted molar refractivity (Wildman–Crippen MR) is 117 cm³/mol. The van der Waals surface area contributed by atoms with E-state index in [9.17, 15) is 14.4 Å². The topological polar surface area (TPSA) is 78.8 Å². The Morgan fingerprint density at radius 2 is 1.93 bits per heavy atom. The van der Waals surface area contributed by atoms with Crippen LogP contribution in [0, 0.1) is 0 Å². The molecule has 0 radical (unpaired) electrons. The van der Waals surface area contributed by atoms with Gasteiger partial charge in [0.1, 0.15) is 5.25 Å². The Hall–Kier alpha value is -2.35. The molecule has 1 aliphatic rings. The summed E-state index contributed by atoms with van der Waals surface area (Å²) in [5.74, 6) is -0.616. The van der Waals surface area contributed by atoms with Crippen molar-refractivity contribution in [2.24, 2.45) is 4.99 Å². The number of halogens is 2. The lowest BCUT2D eigenvalue weighted by Gasteiger charge is -2.10. The minimum atomic E-state index is -0.586. The number of anilines is 1. The quantitative estimate of drug-likeness (QED) is 0.665. The van der Waals surface area contributed by atoms with E-state index in [-0.39, 0.29) is 24.0 Å². The van der Waals surface area contributed by atoms with Crippen molar-refractivity contribution >= 4 is 69.1 Å². The number of Topliss-reactive ketones (excluding diaryl/α,β-unsaturated/α-hetero) is 1. The zero-order valence-corrected chi connectivity index (χ0v) is 17.9. The van der Waals surface area contributed by atoms with Crippen LogP contribution >= 0.6 is 35.0 Å². The summed E-state index contributed by atoms with van der Waals surface area (Å²) in [6, 6.07) is 11.6. The summed E-state index contributed by atoms with van der Waals surface area (Å²) in [5, 5.41) is 3.41. The molecule has 0 spiro atoms. The highest BCUT2D eigenvalue weighted by molar-refractivity contribution is 8.15. The van der Waals surface area contributed by atoms with Gasteiger partial charge in [-0.1, -0.05) is 47.1 Å². The van der Waals surface area contributed by atoms with Gasteiger partial charge in [0.15, 0.2) is 11.0 Å². The molecule has 2 amide bonds. The van der Waals surface area contributed by atoms with Gasteiger partial charge in [0.25, 0.3) is 0 Å². The molecule has 1 aliphatic heterocycles. The van der Waals surface area contributed by atoms with Crippen LogP contribution in [0.3, 0.4) is 0 Å². The van der Waals surface area contributed by atoms with Crippen LogP contribution < -0.4 is 5.32 Å². The summed E-state index contributed by atoms with van der Waals surface area (Å²) in [6.07, 6.45) is -0.0153. The number of amides is 2. The maximum absolute atomic E-state index is 12.5. The number of nitrogens with zero attached hydrogens (tertiary/aromatic N) is 2. The van der Waals surface area contributed by atoms with Crippen LogP contribution in [0.4, 0.5) is 11.4 Å². The average molecular weight is 450 g/mol. The molecule has 3 rings (SSSR count). The maximum Gasteiger partial charge on any atom is 0.242 e. The van der Waals surface area contributed by atoms with Gasteiger partial charge in [-0.05, 0) is 37.3 Å². The van der Waals surface area contributed by atoms with Crippen molar-refractivity contribution in [1.29, 1.82) is 0 Å². The number of benzene rings is 2. The van der Waals surface area contributed by atoms with E-state index in [1.54, 1.807) is 49.5 Å². The van der Waals surface area contributed by atoms with Crippen molar-refractivity contribution in [3.8, 4) is 0 Å². The van der Waals surface area contributed by atoms with Gasteiger partial charge in [-0.2, -0.15) is 0 Å². The molecule has 150 valence electrons. The van der Waals surface area contributed by atoms with Crippen LogP contribution in [0.2, 0.25) is 10.0 Å². The van der Waals surface area contributed by atoms with Crippen LogP contribution in [0.25, 0.3) is 0 Å². The van der Waals surface area contributed by atoms with Gasteiger partial charge in [0.05, 0.1) is 15.7 Å². The van der Waals surface area contributed by atoms with Gasteiger partial charge < -0.3 is 5.32 Å². The zero-order chi connectivity index (χ0) is 21.1. The molecule has 29 heavy (non-hydrogen) atoms. The predicted octanol–water partition coefficient (Wildman–Crippen LogP) is 4.79. The Labute approximate surface area is 182 Å². The second-order valence-corrected chi connectivity index (χ2v) is 8.37. The molecule has 1 N–H and O–H groups in total. The van der Waals surface area contributed by atoms with Gasteiger partial charge in [-0.15, -0.1) is 0 Å². The molecule has 1 saturated heterocycles. The highest BCUT2D eigenvalue weighted by atomic mass is 35.5. The first kappa shape index (κ1) is 21.4. The second kappa shape index (κ2) is 8.98. The molecule has 0 bridgehead atoms. The van der Waals surface area contributed by atoms with Crippen LogP contribution in [-0.4, -0.2) is 40.0 Å². The van der Waals surface area contributed by atoms with Crippen LogP contribution in [0.1, 0.15) is 23.7 Å². The van der Waals surface area contributed by atoms with E-state index < -0.39 is 5.25 Å². The van der Waals surface area contributed by atoms with E-state index in [4.69, 9.17) is 23.2 Å². The van der Waals surface area contributed by atoms with Crippen LogP contribution in [0.5, 0.6) is 0 Å². The molecule has 9 heteroatoms. The Balaban J connectivity index is 1.68. The van der Waals surface area contributed by atoms with Crippen molar-refractivity contribution in [2.75, 3.05) is 12.4 Å². The third kappa shape index (κ3) is 5.18. The third-order valence-electron chi connectivity index (χ3n) is 4.19. The van der Waals surface area contributed by atoms with Crippen molar-refractivity contribution in [2.45, 2.75) is 18.6 Å². The molecular formula is C20H17Cl2N3O3S. The van der Waals surface area contributed by atoms with Crippen LogP contribution in [0.15, 0.2) is 47.5 Å². The Kier molecular flexibility index (Phi) is 6.62. The Morgan fingerprint density at radius 3 is 2.62 bits per heavy atom. The fraction of sp³-hybridized carbons (Fsp3) is 0.200.